The van der Waals surface area contributed by atoms with Gasteiger partial charge in [0.1, 0.15) is 11.4 Å². The highest BCUT2D eigenvalue weighted by molar-refractivity contribution is 5.94. The van der Waals surface area contributed by atoms with Crippen LogP contribution in [0, 0.1) is 13.8 Å². The van der Waals surface area contributed by atoms with Crippen LogP contribution in [-0.4, -0.2) is 33.7 Å². The topological polar surface area (TPSA) is 51.3 Å². The van der Waals surface area contributed by atoms with Crippen LogP contribution >= 0.6 is 0 Å². The summed E-state index contributed by atoms with van der Waals surface area (Å²) in [6, 6.07) is 11.6. The lowest BCUT2D eigenvalue weighted by molar-refractivity contribution is 0.0764. The Balaban J connectivity index is 2.16. The van der Waals surface area contributed by atoms with Crippen molar-refractivity contribution in [1.29, 1.82) is 0 Å². The molecule has 1 aromatic carbocycles. The van der Waals surface area contributed by atoms with E-state index in [-0.39, 0.29) is 5.91 Å². The zero-order valence-electron chi connectivity index (χ0n) is 15.1. The molecule has 5 nitrogen and oxygen atoms in total. The average molecular weight is 337 g/mol. The molecule has 3 rings (SSSR count). The molecule has 130 valence electrons. The number of amides is 1. The van der Waals surface area contributed by atoms with E-state index in [9.17, 15) is 4.79 Å². The van der Waals surface area contributed by atoms with Gasteiger partial charge in [-0.3, -0.25) is 4.79 Å². The number of furan rings is 1. The Morgan fingerprint density at radius 3 is 2.52 bits per heavy atom. The molecule has 0 unspecified atom stereocenters. The average Bonchev–Trinajstić information content (AvgIpc) is 3.25. The molecule has 2 aromatic heterocycles. The number of carbonyl (C=O) groups excluding carboxylic acids is 1. The summed E-state index contributed by atoms with van der Waals surface area (Å²) in [4.78, 5) is 14.8. The summed E-state index contributed by atoms with van der Waals surface area (Å²) < 4.78 is 7.19. The Morgan fingerprint density at radius 1 is 1.16 bits per heavy atom. The Kier molecular flexibility index (Phi) is 4.74. The summed E-state index contributed by atoms with van der Waals surface area (Å²) >= 11 is 0. The molecule has 1 amide bonds. The Bertz CT molecular complexity index is 874. The van der Waals surface area contributed by atoms with Crippen molar-refractivity contribution in [2.75, 3.05) is 13.1 Å². The summed E-state index contributed by atoms with van der Waals surface area (Å²) in [7, 11) is 0. The van der Waals surface area contributed by atoms with Crippen LogP contribution in [0.15, 0.2) is 47.1 Å². The molecule has 0 N–H and O–H groups in total. The molecule has 5 heteroatoms. The van der Waals surface area contributed by atoms with Crippen LogP contribution in [0.3, 0.4) is 0 Å². The van der Waals surface area contributed by atoms with Crippen molar-refractivity contribution in [3.63, 3.8) is 0 Å². The first-order valence-corrected chi connectivity index (χ1v) is 8.56. The van der Waals surface area contributed by atoms with Gasteiger partial charge in [0.15, 0.2) is 5.76 Å². The number of carbonyl (C=O) groups is 1. The minimum atomic E-state index is -0.0321. The van der Waals surface area contributed by atoms with Gasteiger partial charge >= 0.3 is 0 Å². The molecule has 0 saturated carbocycles. The molecule has 3 aromatic rings. The molecule has 0 aliphatic carbocycles. The zero-order valence-corrected chi connectivity index (χ0v) is 15.1. The maximum absolute atomic E-state index is 13.0. The third kappa shape index (κ3) is 3.22. The van der Waals surface area contributed by atoms with Gasteiger partial charge in [-0.15, -0.1) is 0 Å². The summed E-state index contributed by atoms with van der Waals surface area (Å²) in [5, 5.41) is 4.66. The molecular formula is C20H23N3O2. The van der Waals surface area contributed by atoms with Gasteiger partial charge in [-0.05, 0) is 51.5 Å². The number of aromatic nitrogens is 2. The standard InChI is InChI=1S/C20H23N3O2/c1-5-22(6-2)20(24)18-13-16(19-8-7-11-25-19)21-23(18)17-10-9-14(3)12-15(17)4/h7-13H,5-6H2,1-4H3. The fourth-order valence-electron chi connectivity index (χ4n) is 2.98. The summed E-state index contributed by atoms with van der Waals surface area (Å²) in [5.41, 5.74) is 4.35. The molecule has 0 saturated heterocycles. The predicted molar refractivity (Wildman–Crippen MR) is 98.0 cm³/mol. The van der Waals surface area contributed by atoms with Gasteiger partial charge in [0.05, 0.1) is 12.0 Å². The molecule has 2 heterocycles. The van der Waals surface area contributed by atoms with Crippen LogP contribution < -0.4 is 0 Å². The van der Waals surface area contributed by atoms with E-state index in [0.717, 1.165) is 11.3 Å². The van der Waals surface area contributed by atoms with E-state index < -0.39 is 0 Å². The number of hydrogen-bond acceptors (Lipinski definition) is 3. The summed E-state index contributed by atoms with van der Waals surface area (Å²) in [6.07, 6.45) is 1.61. The lowest BCUT2D eigenvalue weighted by Crippen LogP contribution is -2.32. The second-order valence-corrected chi connectivity index (χ2v) is 6.07. The maximum atomic E-state index is 13.0. The van der Waals surface area contributed by atoms with Crippen molar-refractivity contribution in [3.05, 3.63) is 59.5 Å². The second-order valence-electron chi connectivity index (χ2n) is 6.07. The minimum absolute atomic E-state index is 0.0321. The van der Waals surface area contributed by atoms with Crippen LogP contribution in [-0.2, 0) is 0 Å². The maximum Gasteiger partial charge on any atom is 0.272 e. The molecular weight excluding hydrogens is 314 g/mol. The molecule has 25 heavy (non-hydrogen) atoms. The van der Waals surface area contributed by atoms with Gasteiger partial charge in [-0.2, -0.15) is 5.10 Å². The highest BCUT2D eigenvalue weighted by atomic mass is 16.3. The van der Waals surface area contributed by atoms with E-state index in [4.69, 9.17) is 4.42 Å². The molecule has 0 radical (unpaired) electrons. The van der Waals surface area contributed by atoms with Gasteiger partial charge < -0.3 is 9.32 Å². The van der Waals surface area contributed by atoms with Crippen LogP contribution in [0.25, 0.3) is 17.1 Å². The zero-order chi connectivity index (χ0) is 18.0. The van der Waals surface area contributed by atoms with E-state index in [0.29, 0.717) is 30.2 Å². The Morgan fingerprint density at radius 2 is 1.92 bits per heavy atom. The molecule has 0 bridgehead atoms. The van der Waals surface area contributed by atoms with E-state index >= 15 is 0 Å². The number of rotatable bonds is 5. The number of aryl methyl sites for hydroxylation is 2. The van der Waals surface area contributed by atoms with Crippen LogP contribution in [0.2, 0.25) is 0 Å². The van der Waals surface area contributed by atoms with Gasteiger partial charge in [-0.1, -0.05) is 17.7 Å². The fourth-order valence-corrected chi connectivity index (χ4v) is 2.98. The third-order valence-electron chi connectivity index (χ3n) is 4.33. The van der Waals surface area contributed by atoms with Gasteiger partial charge in [-0.25, -0.2) is 4.68 Å². The summed E-state index contributed by atoms with van der Waals surface area (Å²) in [5.74, 6) is 0.618. The molecule has 0 atom stereocenters. The smallest absolute Gasteiger partial charge is 0.272 e. The largest absolute Gasteiger partial charge is 0.463 e. The first-order valence-electron chi connectivity index (χ1n) is 8.56. The van der Waals surface area contributed by atoms with Crippen molar-refractivity contribution in [3.8, 4) is 17.1 Å². The summed E-state index contributed by atoms with van der Waals surface area (Å²) in [6.45, 7) is 9.35. The molecule has 0 aliphatic heterocycles. The number of nitrogens with zero attached hydrogens (tertiary/aromatic N) is 3. The van der Waals surface area contributed by atoms with Crippen molar-refractivity contribution >= 4 is 5.91 Å². The lowest BCUT2D eigenvalue weighted by Gasteiger charge is -2.19. The SMILES string of the molecule is CCN(CC)C(=O)c1cc(-c2ccco2)nn1-c1ccc(C)cc1C. The third-order valence-corrected chi connectivity index (χ3v) is 4.33. The van der Waals surface area contributed by atoms with E-state index in [1.54, 1.807) is 21.9 Å². The quantitative estimate of drug-likeness (QED) is 0.700. The van der Waals surface area contributed by atoms with Crippen LogP contribution in [0.5, 0.6) is 0 Å². The molecule has 0 aliphatic rings. The van der Waals surface area contributed by atoms with E-state index in [1.165, 1.54) is 5.56 Å². The van der Waals surface area contributed by atoms with E-state index in [1.807, 2.05) is 45.0 Å². The van der Waals surface area contributed by atoms with Crippen molar-refractivity contribution in [2.24, 2.45) is 0 Å². The highest BCUT2D eigenvalue weighted by Crippen LogP contribution is 2.25. The van der Waals surface area contributed by atoms with Crippen LogP contribution in [0.4, 0.5) is 0 Å². The Hall–Kier alpha value is -2.82. The minimum Gasteiger partial charge on any atom is -0.463 e. The van der Waals surface area contributed by atoms with Crippen molar-refractivity contribution in [1.82, 2.24) is 14.7 Å². The van der Waals surface area contributed by atoms with E-state index in [2.05, 4.69) is 18.1 Å². The van der Waals surface area contributed by atoms with Gasteiger partial charge in [0, 0.05) is 19.2 Å². The lowest BCUT2D eigenvalue weighted by atomic mass is 10.1. The van der Waals surface area contributed by atoms with Crippen LogP contribution in [0.1, 0.15) is 35.5 Å². The monoisotopic (exact) mass is 337 g/mol. The van der Waals surface area contributed by atoms with Crippen molar-refractivity contribution < 1.29 is 9.21 Å². The van der Waals surface area contributed by atoms with Crippen molar-refractivity contribution in [2.45, 2.75) is 27.7 Å². The first-order chi connectivity index (χ1) is 12.0. The van der Waals surface area contributed by atoms with Gasteiger partial charge in [0.2, 0.25) is 0 Å². The second kappa shape index (κ2) is 6.97. The number of benzene rings is 1. The highest BCUT2D eigenvalue weighted by Gasteiger charge is 2.22. The normalized spacial score (nSPS) is 10.9. The van der Waals surface area contributed by atoms with Gasteiger partial charge in [0.25, 0.3) is 5.91 Å². The predicted octanol–water partition coefficient (Wildman–Crippen LogP) is 4.23. The molecule has 0 fully saturated rings. The molecule has 0 spiro atoms. The Labute approximate surface area is 147 Å². The first kappa shape index (κ1) is 17.0. The fraction of sp³-hybridized carbons (Fsp3) is 0.300. The number of hydrogen-bond donors (Lipinski definition) is 0.